The van der Waals surface area contributed by atoms with Crippen LogP contribution in [-0.2, 0) is 19.7 Å². The first-order chi connectivity index (χ1) is 17.0. The summed E-state index contributed by atoms with van der Waals surface area (Å²) < 4.78 is 66.8. The highest BCUT2D eigenvalue weighted by atomic mass is 32.2. The van der Waals surface area contributed by atoms with Crippen molar-refractivity contribution in [1.29, 1.82) is 0 Å². The van der Waals surface area contributed by atoms with Gasteiger partial charge in [-0.25, -0.2) is 28.2 Å². The summed E-state index contributed by atoms with van der Waals surface area (Å²) in [5.74, 6) is -2.79. The molecule has 1 aliphatic heterocycles. The van der Waals surface area contributed by atoms with Crippen molar-refractivity contribution in [3.63, 3.8) is 0 Å². The number of rotatable bonds is 7. The van der Waals surface area contributed by atoms with Crippen molar-refractivity contribution in [1.82, 2.24) is 34.5 Å². The molecule has 1 aromatic carbocycles. The maximum Gasteiger partial charge on any atom is 0.492 e. The first-order valence-electron chi connectivity index (χ1n) is 10.6. The first-order valence-corrected chi connectivity index (χ1v) is 12.0. The van der Waals surface area contributed by atoms with Crippen LogP contribution in [-0.4, -0.2) is 69.4 Å². The lowest BCUT2D eigenvalue weighted by molar-refractivity contribution is -0.223. The zero-order valence-electron chi connectivity index (χ0n) is 18.8. The molecule has 0 aliphatic carbocycles. The minimum absolute atomic E-state index is 0.0427. The number of aryl methyl sites for hydroxylation is 1. The smallest absolute Gasteiger partial charge is 0.381 e. The van der Waals surface area contributed by atoms with Crippen molar-refractivity contribution in [3.05, 3.63) is 42.6 Å². The number of alkyl halides is 3. The highest BCUT2D eigenvalue weighted by Crippen LogP contribution is 2.29. The second-order valence-corrected chi connectivity index (χ2v) is 9.84. The predicted molar refractivity (Wildman–Crippen MR) is 119 cm³/mol. The van der Waals surface area contributed by atoms with Crippen LogP contribution >= 0.6 is 0 Å². The number of carbonyl (C=O) groups is 1. The van der Waals surface area contributed by atoms with Crippen molar-refractivity contribution in [2.75, 3.05) is 25.4 Å². The number of carbonyl (C=O) groups excluding carboxylic acids is 1. The molecule has 3 heterocycles. The maximum absolute atomic E-state index is 13.4. The molecule has 4 rings (SSSR count). The number of aromatic nitrogens is 5. The van der Waals surface area contributed by atoms with Gasteiger partial charge in [0, 0.05) is 5.56 Å². The molecule has 12 nitrogen and oxygen atoms in total. The maximum atomic E-state index is 13.4. The Morgan fingerprint density at radius 2 is 2.14 bits per heavy atom. The van der Waals surface area contributed by atoms with E-state index in [1.54, 1.807) is 6.92 Å². The topological polar surface area (TPSA) is 158 Å². The van der Waals surface area contributed by atoms with Gasteiger partial charge in [-0.15, -0.1) is 0 Å². The standard InChI is InChI=1S/C20H21F3N8O4S/c1-12-2-3-14(6-15(12)16-8-27-17(24)18(29-16)30-11-26-10-28-30)36(33,34)31(9-13-4-5-25-7-13)35-19(32)20(21,22)23/h2-3,6,8,10-11,13,25H,4-5,7,9H2,1H3,(H2,24,27)/t13-/m1/s1. The van der Waals surface area contributed by atoms with Gasteiger partial charge < -0.3 is 15.9 Å². The quantitative estimate of drug-likeness (QED) is 0.429. The van der Waals surface area contributed by atoms with Crippen molar-refractivity contribution in [3.8, 4) is 17.1 Å². The number of hydroxylamine groups is 1. The van der Waals surface area contributed by atoms with Crippen molar-refractivity contribution in [2.24, 2.45) is 5.92 Å². The fourth-order valence-electron chi connectivity index (χ4n) is 3.57. The molecule has 2 aromatic heterocycles. The number of halogens is 3. The average molecular weight is 527 g/mol. The van der Waals surface area contributed by atoms with Gasteiger partial charge in [-0.1, -0.05) is 6.07 Å². The Morgan fingerprint density at radius 3 is 2.78 bits per heavy atom. The summed E-state index contributed by atoms with van der Waals surface area (Å²) in [6, 6.07) is 3.88. The molecular weight excluding hydrogens is 505 g/mol. The third-order valence-electron chi connectivity index (χ3n) is 5.45. The van der Waals surface area contributed by atoms with E-state index in [1.165, 1.54) is 41.7 Å². The fraction of sp³-hybridized carbons (Fsp3) is 0.350. The van der Waals surface area contributed by atoms with Crippen LogP contribution < -0.4 is 11.1 Å². The number of nitrogens with one attached hydrogen (secondary N) is 1. The number of sulfonamides is 1. The van der Waals surface area contributed by atoms with Gasteiger partial charge in [0.2, 0.25) is 0 Å². The minimum atomic E-state index is -5.38. The van der Waals surface area contributed by atoms with E-state index in [0.717, 1.165) is 0 Å². The van der Waals surface area contributed by atoms with Crippen LogP contribution in [0.15, 0.2) is 41.9 Å². The highest BCUT2D eigenvalue weighted by Gasteiger charge is 2.45. The molecule has 0 spiro atoms. The van der Waals surface area contributed by atoms with Gasteiger partial charge in [0.15, 0.2) is 11.6 Å². The second kappa shape index (κ2) is 9.79. The summed E-state index contributed by atoms with van der Waals surface area (Å²) in [5.41, 5.74) is 7.02. The Morgan fingerprint density at radius 1 is 1.36 bits per heavy atom. The normalized spacial score (nSPS) is 16.4. The predicted octanol–water partition coefficient (Wildman–Crippen LogP) is 1.24. The molecule has 0 unspecified atom stereocenters. The number of nitrogen functional groups attached to an aromatic ring is 1. The number of nitrogens with two attached hydrogens (primary N) is 1. The van der Waals surface area contributed by atoms with Gasteiger partial charge in [0.25, 0.3) is 10.0 Å². The monoisotopic (exact) mass is 526 g/mol. The van der Waals surface area contributed by atoms with Crippen LogP contribution in [0.4, 0.5) is 19.0 Å². The largest absolute Gasteiger partial charge is 0.492 e. The SMILES string of the molecule is Cc1ccc(S(=O)(=O)N(C[C@@H]2CCNC2)OC(=O)C(F)(F)F)cc1-c1cnc(N)c(-n2cncn2)n1. The molecule has 0 bridgehead atoms. The molecule has 3 N–H and O–H groups in total. The summed E-state index contributed by atoms with van der Waals surface area (Å²) in [6.45, 7) is 2.16. The van der Waals surface area contributed by atoms with E-state index in [4.69, 9.17) is 5.73 Å². The third kappa shape index (κ3) is 5.29. The van der Waals surface area contributed by atoms with E-state index in [-0.39, 0.29) is 27.7 Å². The van der Waals surface area contributed by atoms with Gasteiger partial charge in [0.05, 0.1) is 23.3 Å². The van der Waals surface area contributed by atoms with Crippen molar-refractivity contribution < 1.29 is 31.2 Å². The van der Waals surface area contributed by atoms with Gasteiger partial charge in [-0.2, -0.15) is 23.0 Å². The Labute approximate surface area is 203 Å². The van der Waals surface area contributed by atoms with Crippen LogP contribution in [0.3, 0.4) is 0 Å². The molecule has 0 amide bonds. The minimum Gasteiger partial charge on any atom is -0.381 e. The fourth-order valence-corrected chi connectivity index (χ4v) is 4.88. The molecular formula is C20H21F3N8O4S. The van der Waals surface area contributed by atoms with E-state index >= 15 is 0 Å². The number of benzene rings is 1. The summed E-state index contributed by atoms with van der Waals surface area (Å²) in [5, 5.41) is 6.95. The van der Waals surface area contributed by atoms with Crippen LogP contribution in [0.2, 0.25) is 0 Å². The van der Waals surface area contributed by atoms with E-state index in [0.29, 0.717) is 30.6 Å². The Bertz CT molecular complexity index is 1360. The molecule has 1 fully saturated rings. The number of anilines is 1. The van der Waals surface area contributed by atoms with Crippen LogP contribution in [0.25, 0.3) is 17.1 Å². The number of nitrogens with zero attached hydrogens (tertiary/aromatic N) is 6. The van der Waals surface area contributed by atoms with E-state index < -0.39 is 33.6 Å². The number of hydrogen-bond acceptors (Lipinski definition) is 10. The van der Waals surface area contributed by atoms with Crippen LogP contribution in [0, 0.1) is 12.8 Å². The van der Waals surface area contributed by atoms with Gasteiger partial charge >= 0.3 is 12.1 Å². The number of hydrogen-bond donors (Lipinski definition) is 2. The second-order valence-electron chi connectivity index (χ2n) is 8.01. The molecule has 192 valence electrons. The van der Waals surface area contributed by atoms with Crippen LogP contribution in [0.1, 0.15) is 12.0 Å². The molecule has 0 radical (unpaired) electrons. The summed E-state index contributed by atoms with van der Waals surface area (Å²) in [6.07, 6.45) is -0.940. The molecule has 3 aromatic rings. The van der Waals surface area contributed by atoms with E-state index in [1.807, 2.05) is 0 Å². The average Bonchev–Trinajstić information content (AvgIpc) is 3.53. The lowest BCUT2D eigenvalue weighted by Gasteiger charge is -2.24. The Kier molecular flexibility index (Phi) is 6.92. The molecule has 1 aliphatic rings. The van der Waals surface area contributed by atoms with Crippen molar-refractivity contribution in [2.45, 2.75) is 24.4 Å². The molecule has 0 saturated carbocycles. The van der Waals surface area contributed by atoms with Gasteiger partial charge in [0.1, 0.15) is 12.7 Å². The Hall–Kier alpha value is -3.63. The van der Waals surface area contributed by atoms with Gasteiger partial charge in [-0.05, 0) is 54.5 Å². The van der Waals surface area contributed by atoms with E-state index in [9.17, 15) is 26.4 Å². The third-order valence-corrected chi connectivity index (χ3v) is 7.06. The molecule has 36 heavy (non-hydrogen) atoms. The van der Waals surface area contributed by atoms with Crippen LogP contribution in [0.5, 0.6) is 0 Å². The summed E-state index contributed by atoms with van der Waals surface area (Å²) in [4.78, 5) is 27.8. The lowest BCUT2D eigenvalue weighted by Crippen LogP contribution is -2.41. The summed E-state index contributed by atoms with van der Waals surface area (Å²) >= 11 is 0. The Balaban J connectivity index is 1.73. The zero-order valence-corrected chi connectivity index (χ0v) is 19.6. The lowest BCUT2D eigenvalue weighted by atomic mass is 10.1. The summed E-state index contributed by atoms with van der Waals surface area (Å²) in [7, 11) is -4.69. The molecule has 1 saturated heterocycles. The van der Waals surface area contributed by atoms with Gasteiger partial charge in [-0.3, -0.25) is 0 Å². The van der Waals surface area contributed by atoms with E-state index in [2.05, 4.69) is 30.2 Å². The molecule has 16 heteroatoms. The van der Waals surface area contributed by atoms with Crippen molar-refractivity contribution >= 4 is 21.8 Å². The molecule has 1 atom stereocenters. The highest BCUT2D eigenvalue weighted by molar-refractivity contribution is 7.89. The zero-order chi connectivity index (χ0) is 26.1. The first kappa shape index (κ1) is 25.5.